The molecule has 2 fully saturated rings. The molecule has 3 N–H and O–H groups in total. The Balaban J connectivity index is 1.33. The van der Waals surface area contributed by atoms with Gasteiger partial charge in [-0.05, 0) is 42.2 Å². The van der Waals surface area contributed by atoms with E-state index in [1.807, 2.05) is 12.1 Å². The monoisotopic (exact) mass is 572 g/mol. The van der Waals surface area contributed by atoms with Crippen LogP contribution in [0.25, 0.3) is 10.3 Å². The number of pyridine rings is 1. The predicted octanol–water partition coefficient (Wildman–Crippen LogP) is 3.65. The SMILES string of the molecule is COCCNc1ccc2nc(NC(=O)[C@H](CC3CCCC3)c3ccc(S(=O)(=O)N4CCNCC4)cc3)sc2n1. The van der Waals surface area contributed by atoms with Gasteiger partial charge < -0.3 is 20.7 Å². The van der Waals surface area contributed by atoms with Gasteiger partial charge in [-0.1, -0.05) is 49.2 Å². The van der Waals surface area contributed by atoms with Crippen LogP contribution in [0.2, 0.25) is 0 Å². The molecular formula is C27H36N6O4S2. The van der Waals surface area contributed by atoms with E-state index in [0.717, 1.165) is 41.0 Å². The van der Waals surface area contributed by atoms with E-state index >= 15 is 0 Å². The molecule has 1 saturated carbocycles. The molecule has 1 aromatic carbocycles. The summed E-state index contributed by atoms with van der Waals surface area (Å²) >= 11 is 1.34. The number of hydrogen-bond donors (Lipinski definition) is 3. The lowest BCUT2D eigenvalue weighted by molar-refractivity contribution is -0.118. The fourth-order valence-corrected chi connectivity index (χ4v) is 7.60. The highest BCUT2D eigenvalue weighted by molar-refractivity contribution is 7.89. The summed E-state index contributed by atoms with van der Waals surface area (Å²) in [6.07, 6.45) is 5.33. The first-order valence-corrected chi connectivity index (χ1v) is 15.8. The second kappa shape index (κ2) is 12.7. The summed E-state index contributed by atoms with van der Waals surface area (Å²) in [5.41, 5.74) is 1.55. The quantitative estimate of drug-likeness (QED) is 0.298. The van der Waals surface area contributed by atoms with Gasteiger partial charge in [-0.3, -0.25) is 4.79 Å². The van der Waals surface area contributed by atoms with E-state index in [1.165, 1.54) is 28.5 Å². The van der Waals surface area contributed by atoms with E-state index in [9.17, 15) is 13.2 Å². The van der Waals surface area contributed by atoms with Gasteiger partial charge in [-0.25, -0.2) is 18.4 Å². The molecule has 1 saturated heterocycles. The van der Waals surface area contributed by atoms with E-state index in [4.69, 9.17) is 4.74 Å². The zero-order valence-electron chi connectivity index (χ0n) is 22.2. The molecule has 2 aliphatic rings. The smallest absolute Gasteiger partial charge is 0.243 e. The van der Waals surface area contributed by atoms with Gasteiger partial charge in [-0.15, -0.1) is 0 Å². The number of carbonyl (C=O) groups excluding carboxylic acids is 1. The number of rotatable bonds is 11. The number of thiazole rings is 1. The van der Waals surface area contributed by atoms with Crippen molar-refractivity contribution in [1.29, 1.82) is 0 Å². The second-order valence-corrected chi connectivity index (χ2v) is 13.0. The van der Waals surface area contributed by atoms with Crippen LogP contribution >= 0.6 is 11.3 Å². The lowest BCUT2D eigenvalue weighted by Crippen LogP contribution is -2.46. The molecule has 12 heteroatoms. The van der Waals surface area contributed by atoms with Crippen molar-refractivity contribution < 1.29 is 17.9 Å². The molecule has 3 heterocycles. The number of benzene rings is 1. The molecule has 5 rings (SSSR count). The van der Waals surface area contributed by atoms with Crippen molar-refractivity contribution >= 4 is 48.6 Å². The summed E-state index contributed by atoms with van der Waals surface area (Å²) in [6, 6.07) is 10.6. The maximum absolute atomic E-state index is 13.6. The minimum Gasteiger partial charge on any atom is -0.383 e. The Morgan fingerprint density at radius 1 is 1.13 bits per heavy atom. The van der Waals surface area contributed by atoms with E-state index in [0.29, 0.717) is 50.4 Å². The maximum atomic E-state index is 13.6. The number of sulfonamides is 1. The number of hydrogen-bond acceptors (Lipinski definition) is 9. The lowest BCUT2D eigenvalue weighted by atomic mass is 9.87. The summed E-state index contributed by atoms with van der Waals surface area (Å²) in [5, 5.41) is 9.93. The third-order valence-corrected chi connectivity index (χ3v) is 10.2. The molecule has 0 unspecified atom stereocenters. The number of nitrogens with zero attached hydrogens (tertiary/aromatic N) is 3. The van der Waals surface area contributed by atoms with Crippen molar-refractivity contribution in [2.75, 3.05) is 57.1 Å². The molecule has 2 aromatic heterocycles. The van der Waals surface area contributed by atoms with Crippen molar-refractivity contribution in [2.45, 2.75) is 42.9 Å². The molecule has 1 amide bonds. The molecule has 1 aliphatic heterocycles. The van der Waals surface area contributed by atoms with Crippen LogP contribution in [-0.2, 0) is 19.6 Å². The first-order valence-electron chi connectivity index (χ1n) is 13.6. The zero-order valence-corrected chi connectivity index (χ0v) is 23.8. The number of carbonyl (C=O) groups is 1. The summed E-state index contributed by atoms with van der Waals surface area (Å²) in [4.78, 5) is 23.8. The Hall–Kier alpha value is -2.64. The summed E-state index contributed by atoms with van der Waals surface area (Å²) in [5.74, 6) is 0.686. The molecule has 0 radical (unpaired) electrons. The van der Waals surface area contributed by atoms with Crippen LogP contribution < -0.4 is 16.0 Å². The molecule has 1 atom stereocenters. The number of methoxy groups -OCH3 is 1. The first-order chi connectivity index (χ1) is 18.9. The fraction of sp³-hybridized carbons (Fsp3) is 0.519. The number of piperazine rings is 1. The minimum absolute atomic E-state index is 0.128. The summed E-state index contributed by atoms with van der Waals surface area (Å²) in [7, 11) is -1.90. The number of amides is 1. The maximum Gasteiger partial charge on any atom is 0.243 e. The molecular weight excluding hydrogens is 536 g/mol. The second-order valence-electron chi connectivity index (χ2n) is 10.1. The third kappa shape index (κ3) is 6.75. The Morgan fingerprint density at radius 3 is 2.59 bits per heavy atom. The molecule has 3 aromatic rings. The predicted molar refractivity (Wildman–Crippen MR) is 154 cm³/mol. The van der Waals surface area contributed by atoms with Gasteiger partial charge in [-0.2, -0.15) is 4.31 Å². The highest BCUT2D eigenvalue weighted by Gasteiger charge is 2.29. The fourth-order valence-electron chi connectivity index (χ4n) is 5.32. The van der Waals surface area contributed by atoms with Crippen molar-refractivity contribution in [3.8, 4) is 0 Å². The first kappa shape index (κ1) is 27.9. The van der Waals surface area contributed by atoms with E-state index in [1.54, 1.807) is 31.4 Å². The van der Waals surface area contributed by atoms with Gasteiger partial charge in [0.15, 0.2) is 5.13 Å². The third-order valence-electron chi connectivity index (χ3n) is 7.45. The van der Waals surface area contributed by atoms with Gasteiger partial charge in [0.1, 0.15) is 16.2 Å². The van der Waals surface area contributed by atoms with Crippen LogP contribution in [-0.4, -0.2) is 75.0 Å². The van der Waals surface area contributed by atoms with E-state index in [-0.39, 0.29) is 10.8 Å². The Kier molecular flexibility index (Phi) is 9.08. The van der Waals surface area contributed by atoms with Crippen LogP contribution in [0.1, 0.15) is 43.6 Å². The molecule has 10 nitrogen and oxygen atoms in total. The van der Waals surface area contributed by atoms with Crippen LogP contribution in [0.4, 0.5) is 10.9 Å². The number of anilines is 2. The number of nitrogens with one attached hydrogen (secondary N) is 3. The topological polar surface area (TPSA) is 126 Å². The number of fused-ring (bicyclic) bond motifs is 1. The zero-order chi connectivity index (χ0) is 27.2. The van der Waals surface area contributed by atoms with Gasteiger partial charge in [0.05, 0.1) is 17.4 Å². The van der Waals surface area contributed by atoms with Crippen molar-refractivity contribution in [2.24, 2.45) is 5.92 Å². The molecule has 39 heavy (non-hydrogen) atoms. The Bertz CT molecular complexity index is 1370. The van der Waals surface area contributed by atoms with E-state index < -0.39 is 15.9 Å². The van der Waals surface area contributed by atoms with E-state index in [2.05, 4.69) is 25.9 Å². The summed E-state index contributed by atoms with van der Waals surface area (Å²) in [6.45, 7) is 3.43. The number of aromatic nitrogens is 2. The molecule has 210 valence electrons. The number of ether oxygens (including phenoxy) is 1. The molecule has 0 bridgehead atoms. The normalized spacial score (nSPS) is 17.9. The van der Waals surface area contributed by atoms with Crippen LogP contribution in [0, 0.1) is 5.92 Å². The Labute approximate surface area is 233 Å². The molecule has 1 aliphatic carbocycles. The van der Waals surface area contributed by atoms with Crippen LogP contribution in [0.3, 0.4) is 0 Å². The van der Waals surface area contributed by atoms with Crippen LogP contribution in [0.5, 0.6) is 0 Å². The lowest BCUT2D eigenvalue weighted by Gasteiger charge is -2.27. The summed E-state index contributed by atoms with van der Waals surface area (Å²) < 4.78 is 32.8. The highest BCUT2D eigenvalue weighted by atomic mass is 32.2. The van der Waals surface area contributed by atoms with Gasteiger partial charge >= 0.3 is 0 Å². The average Bonchev–Trinajstić information content (AvgIpc) is 3.61. The molecule has 0 spiro atoms. The van der Waals surface area contributed by atoms with Gasteiger partial charge in [0.2, 0.25) is 15.9 Å². The average molecular weight is 573 g/mol. The van der Waals surface area contributed by atoms with Crippen LogP contribution in [0.15, 0.2) is 41.3 Å². The van der Waals surface area contributed by atoms with Gasteiger partial charge in [0.25, 0.3) is 0 Å². The van der Waals surface area contributed by atoms with Crippen molar-refractivity contribution in [3.05, 3.63) is 42.0 Å². The van der Waals surface area contributed by atoms with Crippen molar-refractivity contribution in [3.63, 3.8) is 0 Å². The largest absolute Gasteiger partial charge is 0.383 e. The Morgan fingerprint density at radius 2 is 1.87 bits per heavy atom. The standard InChI is InChI=1S/C27H36N6O4S2/c1-37-17-14-29-24-11-10-23-26(31-24)38-27(30-23)32-25(34)22(18-19-4-2-3-5-19)20-6-8-21(9-7-20)39(35,36)33-15-12-28-13-16-33/h6-11,19,22,28H,2-5,12-18H2,1H3,(H,29,31)(H,30,32,34)/t22-/m1/s1. The van der Waals surface area contributed by atoms with Crippen molar-refractivity contribution in [1.82, 2.24) is 19.6 Å². The minimum atomic E-state index is -3.56. The highest BCUT2D eigenvalue weighted by Crippen LogP contribution is 2.36. The van der Waals surface area contributed by atoms with Gasteiger partial charge in [0, 0.05) is 39.8 Å².